The molecule has 4 aliphatic rings. The van der Waals surface area contributed by atoms with Crippen LogP contribution in [0.3, 0.4) is 0 Å². The Morgan fingerprint density at radius 1 is 0.942 bits per heavy atom. The van der Waals surface area contributed by atoms with E-state index in [1.54, 1.807) is 6.07 Å². The summed E-state index contributed by atoms with van der Waals surface area (Å²) in [6, 6.07) is 3.34. The molecule has 19 heteroatoms. The Kier molecular flexibility index (Phi) is 10.5. The molecule has 0 saturated carbocycles. The van der Waals surface area contributed by atoms with Crippen LogP contribution >= 0.6 is 0 Å². The smallest absolute Gasteiger partial charge is 0.348 e. The van der Waals surface area contributed by atoms with Gasteiger partial charge in [0.2, 0.25) is 12.2 Å². The highest BCUT2D eigenvalue weighted by molar-refractivity contribution is 5.89. The maximum Gasteiger partial charge on any atom is 0.348 e. The van der Waals surface area contributed by atoms with E-state index in [0.29, 0.717) is 30.9 Å². The standard InChI is InChI=1S/C33H37NO18/c1-14(30(44)51-19(29(42)43)12-22(36)37)48-31(45)20(50-23(38)11-16(35)28(40)41)13-24(39)49-18-6-7-33(46)21-10-15-4-5-17(47-3)26-25(15)32(33,27(18)52-26)8-9-34(21)2/h4-6,14,16,19-21,27,35,46H,7-13H2,1-3H3,(H,36,37)(H,40,41)(H,42,43)/t14-,16-,19+,20-,21-,27+,32+,33-/m0/s1. The highest BCUT2D eigenvalue weighted by Crippen LogP contribution is 2.65. The summed E-state index contributed by atoms with van der Waals surface area (Å²) < 4.78 is 32.2. The van der Waals surface area contributed by atoms with Gasteiger partial charge in [0, 0.05) is 18.0 Å². The Bertz CT molecular complexity index is 1720. The second kappa shape index (κ2) is 14.4. The Balaban J connectivity index is 1.37. The van der Waals surface area contributed by atoms with Crippen molar-refractivity contribution in [3.05, 3.63) is 35.1 Å². The molecule has 2 aliphatic carbocycles. The van der Waals surface area contributed by atoms with Crippen molar-refractivity contribution < 1.29 is 87.5 Å². The fourth-order valence-electron chi connectivity index (χ4n) is 7.41. The van der Waals surface area contributed by atoms with E-state index >= 15 is 0 Å². The molecule has 5 rings (SSSR count). The maximum atomic E-state index is 13.5. The number of benzene rings is 1. The number of rotatable bonds is 15. The fourth-order valence-corrected chi connectivity index (χ4v) is 7.41. The number of carbonyl (C=O) groups is 7. The summed E-state index contributed by atoms with van der Waals surface area (Å²) in [7, 11) is 3.37. The molecular formula is C33H37NO18. The van der Waals surface area contributed by atoms with Gasteiger partial charge >= 0.3 is 41.8 Å². The van der Waals surface area contributed by atoms with Crippen LogP contribution in [-0.4, -0.2) is 135 Å². The Morgan fingerprint density at radius 3 is 2.29 bits per heavy atom. The molecule has 1 fully saturated rings. The molecule has 1 aromatic carbocycles. The molecule has 19 nitrogen and oxygen atoms in total. The quantitative estimate of drug-likeness (QED) is 0.107. The topological polar surface area (TPSA) is 279 Å². The third kappa shape index (κ3) is 6.73. The number of carbonyl (C=O) groups excluding carboxylic acids is 4. The van der Waals surface area contributed by atoms with Crippen LogP contribution in [0, 0.1) is 0 Å². The average molecular weight is 736 g/mol. The van der Waals surface area contributed by atoms with Crippen LogP contribution < -0.4 is 9.47 Å². The summed E-state index contributed by atoms with van der Waals surface area (Å²) in [5, 5.41) is 48.9. The van der Waals surface area contributed by atoms with Gasteiger partial charge < -0.3 is 58.9 Å². The molecule has 2 aliphatic heterocycles. The molecular weight excluding hydrogens is 698 g/mol. The van der Waals surface area contributed by atoms with E-state index < -0.39 is 103 Å². The van der Waals surface area contributed by atoms with Crippen LogP contribution in [0.25, 0.3) is 0 Å². The lowest BCUT2D eigenvalue weighted by Crippen LogP contribution is -2.74. The zero-order chi connectivity index (χ0) is 38.3. The van der Waals surface area contributed by atoms with Crippen molar-refractivity contribution in [3.63, 3.8) is 0 Å². The van der Waals surface area contributed by atoms with E-state index in [1.165, 1.54) is 13.2 Å². The normalized spacial score (nSPS) is 26.1. The van der Waals surface area contributed by atoms with Crippen molar-refractivity contribution in [2.45, 2.75) is 93.0 Å². The van der Waals surface area contributed by atoms with Crippen LogP contribution in [0.4, 0.5) is 0 Å². The van der Waals surface area contributed by atoms with Gasteiger partial charge in [-0.2, -0.15) is 0 Å². The third-order valence-electron chi connectivity index (χ3n) is 9.84. The number of likely N-dealkylation sites (N-methyl/N-ethyl adjacent to an activating group) is 1. The van der Waals surface area contributed by atoms with Crippen molar-refractivity contribution >= 4 is 41.8 Å². The molecule has 0 aromatic heterocycles. The number of ether oxygens (including phenoxy) is 6. The zero-order valence-electron chi connectivity index (χ0n) is 28.1. The number of carboxylic acid groups (broad SMARTS) is 3. The van der Waals surface area contributed by atoms with Gasteiger partial charge in [-0.1, -0.05) is 6.07 Å². The van der Waals surface area contributed by atoms with Gasteiger partial charge in [0.25, 0.3) is 0 Å². The lowest BCUT2D eigenvalue weighted by Gasteiger charge is -2.61. The lowest BCUT2D eigenvalue weighted by atomic mass is 9.50. The van der Waals surface area contributed by atoms with Crippen molar-refractivity contribution in [2.24, 2.45) is 0 Å². The highest BCUT2D eigenvalue weighted by Gasteiger charge is 2.72. The zero-order valence-corrected chi connectivity index (χ0v) is 28.1. The maximum absolute atomic E-state index is 13.5. The van der Waals surface area contributed by atoms with E-state index in [1.807, 2.05) is 13.1 Å². The number of likely N-dealkylation sites (tertiary alicyclic amines) is 1. The highest BCUT2D eigenvalue weighted by atomic mass is 16.6. The van der Waals surface area contributed by atoms with E-state index in [0.717, 1.165) is 18.1 Å². The van der Waals surface area contributed by atoms with Gasteiger partial charge in [0.15, 0.2) is 29.8 Å². The first-order valence-electron chi connectivity index (χ1n) is 16.1. The second-order valence-corrected chi connectivity index (χ2v) is 12.9. The summed E-state index contributed by atoms with van der Waals surface area (Å²) in [5.41, 5.74) is -0.733. The molecule has 1 spiro atoms. The van der Waals surface area contributed by atoms with Crippen LogP contribution in [0.1, 0.15) is 50.2 Å². The number of piperidine rings is 1. The summed E-state index contributed by atoms with van der Waals surface area (Å²) in [6.45, 7) is 1.50. The minimum atomic E-state index is -2.24. The molecule has 0 unspecified atom stereocenters. The summed E-state index contributed by atoms with van der Waals surface area (Å²) in [4.78, 5) is 86.9. The number of aliphatic carboxylic acids is 3. The number of hydrogen-bond donors (Lipinski definition) is 5. The predicted molar refractivity (Wildman–Crippen MR) is 166 cm³/mol. The molecule has 2 heterocycles. The number of esters is 4. The molecule has 1 aromatic rings. The summed E-state index contributed by atoms with van der Waals surface area (Å²) >= 11 is 0. The number of aliphatic hydroxyl groups is 2. The van der Waals surface area contributed by atoms with Crippen molar-refractivity contribution in [3.8, 4) is 11.5 Å². The minimum absolute atomic E-state index is 0.0149. The monoisotopic (exact) mass is 735 g/mol. The Hall–Kier alpha value is -5.27. The molecule has 5 N–H and O–H groups in total. The summed E-state index contributed by atoms with van der Waals surface area (Å²) in [5.74, 6) is -10.1. The first-order valence-corrected chi connectivity index (χ1v) is 16.1. The largest absolute Gasteiger partial charge is 0.493 e. The summed E-state index contributed by atoms with van der Waals surface area (Å²) in [6.07, 6.45) is -10.4. The Labute approximate surface area is 294 Å². The fraction of sp³-hybridized carbons (Fsp3) is 0.545. The minimum Gasteiger partial charge on any atom is -0.493 e. The van der Waals surface area contributed by atoms with Gasteiger partial charge in [-0.3, -0.25) is 14.4 Å². The number of nitrogens with zero attached hydrogens (tertiary/aromatic N) is 1. The number of methoxy groups -OCH3 is 1. The molecule has 2 bridgehead atoms. The number of hydrogen-bond acceptors (Lipinski definition) is 16. The lowest BCUT2D eigenvalue weighted by molar-refractivity contribution is -0.185. The first-order chi connectivity index (χ1) is 24.4. The third-order valence-corrected chi connectivity index (χ3v) is 9.84. The average Bonchev–Trinajstić information content (AvgIpc) is 3.42. The van der Waals surface area contributed by atoms with Gasteiger partial charge in [-0.15, -0.1) is 0 Å². The predicted octanol–water partition coefficient (Wildman–Crippen LogP) is -0.944. The Morgan fingerprint density at radius 2 is 1.65 bits per heavy atom. The van der Waals surface area contributed by atoms with E-state index in [9.17, 15) is 43.8 Å². The number of aliphatic hydroxyl groups excluding tert-OH is 1. The van der Waals surface area contributed by atoms with E-state index in [4.69, 9.17) is 39.0 Å². The van der Waals surface area contributed by atoms with Crippen molar-refractivity contribution in [1.82, 2.24) is 4.90 Å². The molecule has 0 amide bonds. The van der Waals surface area contributed by atoms with E-state index in [-0.39, 0.29) is 18.2 Å². The van der Waals surface area contributed by atoms with Crippen LogP contribution in [0.15, 0.2) is 24.0 Å². The van der Waals surface area contributed by atoms with Crippen LogP contribution in [0.5, 0.6) is 11.5 Å². The second-order valence-electron chi connectivity index (χ2n) is 12.9. The molecule has 52 heavy (non-hydrogen) atoms. The molecule has 1 saturated heterocycles. The van der Waals surface area contributed by atoms with Gasteiger partial charge in [-0.05, 0) is 51.1 Å². The van der Waals surface area contributed by atoms with Crippen LogP contribution in [0.2, 0.25) is 0 Å². The molecule has 282 valence electrons. The van der Waals surface area contributed by atoms with Gasteiger partial charge in [-0.25, -0.2) is 19.2 Å². The molecule has 0 radical (unpaired) electrons. The van der Waals surface area contributed by atoms with Crippen molar-refractivity contribution in [1.29, 1.82) is 0 Å². The molecule has 8 atom stereocenters. The SMILES string of the molecule is COc1ccc2c3c1O[C@@H]1C(OC(=O)C[C@H](OC(=O)C[C@H](O)C(=O)O)C(=O)O[C@@H](C)C(=O)O[C@H](CC(=O)O)C(=O)O)=CC[C@]4(O)[C@H](C2)N(C)CC[C@@]314. The number of carboxylic acids is 3. The first kappa shape index (κ1) is 38.0. The van der Waals surface area contributed by atoms with Gasteiger partial charge in [0.1, 0.15) is 5.76 Å². The van der Waals surface area contributed by atoms with Gasteiger partial charge in [0.05, 0.1) is 37.4 Å². The van der Waals surface area contributed by atoms with E-state index in [2.05, 4.69) is 9.64 Å². The van der Waals surface area contributed by atoms with Crippen LogP contribution in [-0.2, 0) is 64.3 Å². The van der Waals surface area contributed by atoms with Crippen molar-refractivity contribution in [2.75, 3.05) is 20.7 Å².